The lowest BCUT2D eigenvalue weighted by atomic mass is 9.90. The van der Waals surface area contributed by atoms with Gasteiger partial charge < -0.3 is 4.74 Å². The molecule has 1 aliphatic carbocycles. The van der Waals surface area contributed by atoms with Crippen molar-refractivity contribution in [2.24, 2.45) is 5.41 Å². The number of fused-ring (bicyclic) bond motifs is 1. The van der Waals surface area contributed by atoms with Crippen molar-refractivity contribution in [3.05, 3.63) is 64.7 Å². The molecule has 0 aromatic heterocycles. The van der Waals surface area contributed by atoms with Gasteiger partial charge in [-0.05, 0) is 54.0 Å². The minimum atomic E-state index is -0.275. The molecule has 0 N–H and O–H groups in total. The summed E-state index contributed by atoms with van der Waals surface area (Å²) in [5.41, 5.74) is 3.32. The summed E-state index contributed by atoms with van der Waals surface area (Å²) in [6.45, 7) is 1.04. The first kappa shape index (κ1) is 14.6. The zero-order valence-electron chi connectivity index (χ0n) is 12.8. The van der Waals surface area contributed by atoms with Crippen molar-refractivity contribution in [3.8, 4) is 0 Å². The number of hydrogen-bond donors (Lipinski definition) is 0. The molecule has 0 saturated heterocycles. The number of carbonyl (C=O) groups is 1. The largest absolute Gasteiger partial charge is 0.444 e. The van der Waals surface area contributed by atoms with Crippen LogP contribution < -0.4 is 4.90 Å². The summed E-state index contributed by atoms with van der Waals surface area (Å²) in [5.74, 6) is 0. The van der Waals surface area contributed by atoms with Gasteiger partial charge in [0.25, 0.3) is 0 Å². The van der Waals surface area contributed by atoms with E-state index in [2.05, 4.69) is 0 Å². The highest BCUT2D eigenvalue weighted by Gasteiger charge is 2.48. The topological polar surface area (TPSA) is 29.5 Å². The van der Waals surface area contributed by atoms with E-state index in [-0.39, 0.29) is 11.5 Å². The number of benzene rings is 2. The van der Waals surface area contributed by atoms with E-state index in [4.69, 9.17) is 16.3 Å². The fraction of sp³-hybridized carbons (Fsp3) is 0.316. The molecular weight excluding hydrogens is 310 g/mol. The number of hydrogen-bond acceptors (Lipinski definition) is 2. The summed E-state index contributed by atoms with van der Waals surface area (Å²) in [6, 6.07) is 15.5. The Hall–Kier alpha value is -2.00. The third kappa shape index (κ3) is 2.93. The van der Waals surface area contributed by atoms with Gasteiger partial charge in [0.15, 0.2) is 0 Å². The van der Waals surface area contributed by atoms with Gasteiger partial charge in [-0.15, -0.1) is 0 Å². The average molecular weight is 328 g/mol. The van der Waals surface area contributed by atoms with E-state index in [9.17, 15) is 4.79 Å². The van der Waals surface area contributed by atoms with Crippen molar-refractivity contribution in [2.45, 2.75) is 25.9 Å². The predicted molar refractivity (Wildman–Crippen MR) is 90.8 cm³/mol. The lowest BCUT2D eigenvalue weighted by Gasteiger charge is -2.34. The Morgan fingerprint density at radius 3 is 2.70 bits per heavy atom. The van der Waals surface area contributed by atoms with Crippen molar-refractivity contribution >= 4 is 23.4 Å². The zero-order valence-corrected chi connectivity index (χ0v) is 13.6. The summed E-state index contributed by atoms with van der Waals surface area (Å²) >= 11 is 6.12. The monoisotopic (exact) mass is 327 g/mol. The van der Waals surface area contributed by atoms with Gasteiger partial charge >= 0.3 is 6.09 Å². The summed E-state index contributed by atoms with van der Waals surface area (Å²) in [5, 5.41) is 0.721. The smallest absolute Gasteiger partial charge is 0.414 e. The van der Waals surface area contributed by atoms with Crippen LogP contribution in [0.5, 0.6) is 0 Å². The van der Waals surface area contributed by atoms with E-state index in [0.29, 0.717) is 6.61 Å². The number of amides is 1. The average Bonchev–Trinajstić information content (AvgIpc) is 3.31. The normalized spacial score (nSPS) is 17.7. The molecule has 23 heavy (non-hydrogen) atoms. The Bertz CT molecular complexity index is 740. The van der Waals surface area contributed by atoms with Gasteiger partial charge in [-0.3, -0.25) is 4.90 Å². The van der Waals surface area contributed by atoms with Crippen LogP contribution in [-0.2, 0) is 17.8 Å². The quantitative estimate of drug-likeness (QED) is 0.791. The van der Waals surface area contributed by atoms with Gasteiger partial charge in [0.1, 0.15) is 6.61 Å². The van der Waals surface area contributed by atoms with Crippen LogP contribution >= 0.6 is 11.6 Å². The SMILES string of the molecule is O=C(OCc1ccccc1)N1CC2(CC2)Cc2cc(Cl)ccc21. The van der Waals surface area contributed by atoms with E-state index in [1.54, 1.807) is 4.90 Å². The lowest BCUT2D eigenvalue weighted by Crippen LogP contribution is -2.41. The maximum atomic E-state index is 12.6. The molecule has 0 bridgehead atoms. The third-order valence-electron chi connectivity index (χ3n) is 4.77. The van der Waals surface area contributed by atoms with Gasteiger partial charge in [-0.25, -0.2) is 4.79 Å². The molecule has 1 fully saturated rings. The molecule has 4 heteroatoms. The van der Waals surface area contributed by atoms with E-state index < -0.39 is 0 Å². The van der Waals surface area contributed by atoms with Crippen molar-refractivity contribution in [1.29, 1.82) is 0 Å². The minimum Gasteiger partial charge on any atom is -0.444 e. The Morgan fingerprint density at radius 2 is 1.96 bits per heavy atom. The summed E-state index contributed by atoms with van der Waals surface area (Å²) in [4.78, 5) is 14.4. The van der Waals surface area contributed by atoms with Gasteiger partial charge in [0.05, 0.1) is 5.69 Å². The molecular formula is C19H18ClNO2. The first-order valence-corrected chi connectivity index (χ1v) is 8.30. The number of anilines is 1. The van der Waals surface area contributed by atoms with Crippen molar-refractivity contribution < 1.29 is 9.53 Å². The second-order valence-electron chi connectivity index (χ2n) is 6.58. The van der Waals surface area contributed by atoms with Crippen LogP contribution in [0.25, 0.3) is 0 Å². The predicted octanol–water partition coefficient (Wildman–Crippen LogP) is 4.82. The van der Waals surface area contributed by atoms with E-state index in [1.165, 1.54) is 12.8 Å². The number of nitrogens with zero attached hydrogens (tertiary/aromatic N) is 1. The molecule has 2 aromatic carbocycles. The second-order valence-corrected chi connectivity index (χ2v) is 7.01. The Labute approximate surface area is 140 Å². The molecule has 118 valence electrons. The van der Waals surface area contributed by atoms with Gasteiger partial charge in [0, 0.05) is 11.6 Å². The maximum absolute atomic E-state index is 12.6. The van der Waals surface area contributed by atoms with Crippen LogP contribution in [0, 0.1) is 5.41 Å². The molecule has 0 atom stereocenters. The molecule has 1 spiro atoms. The van der Waals surface area contributed by atoms with Crippen LogP contribution in [0.2, 0.25) is 5.02 Å². The van der Waals surface area contributed by atoms with Crippen LogP contribution in [0.15, 0.2) is 48.5 Å². The standard InChI is InChI=1S/C19H18ClNO2/c20-16-6-7-17-15(10-16)11-19(8-9-19)13-21(17)18(22)23-12-14-4-2-1-3-5-14/h1-7,10H,8-9,11-13H2. The van der Waals surface area contributed by atoms with E-state index in [1.807, 2.05) is 48.5 Å². The van der Waals surface area contributed by atoms with Crippen LogP contribution in [0.4, 0.5) is 10.5 Å². The zero-order chi connectivity index (χ0) is 15.9. The molecule has 4 rings (SSSR count). The van der Waals surface area contributed by atoms with Crippen LogP contribution in [0.1, 0.15) is 24.0 Å². The van der Waals surface area contributed by atoms with Crippen molar-refractivity contribution in [2.75, 3.05) is 11.4 Å². The highest BCUT2D eigenvalue weighted by Crippen LogP contribution is 2.53. The fourth-order valence-electron chi connectivity index (χ4n) is 3.31. The Balaban J connectivity index is 1.55. The molecule has 0 unspecified atom stereocenters. The van der Waals surface area contributed by atoms with Crippen molar-refractivity contribution in [3.63, 3.8) is 0 Å². The number of rotatable bonds is 2. The third-order valence-corrected chi connectivity index (χ3v) is 5.01. The lowest BCUT2D eigenvalue weighted by molar-refractivity contribution is 0.145. The van der Waals surface area contributed by atoms with E-state index in [0.717, 1.165) is 34.8 Å². The number of ether oxygens (including phenoxy) is 1. The Morgan fingerprint density at radius 1 is 1.17 bits per heavy atom. The maximum Gasteiger partial charge on any atom is 0.414 e. The van der Waals surface area contributed by atoms with E-state index >= 15 is 0 Å². The molecule has 1 heterocycles. The first-order chi connectivity index (χ1) is 11.2. The van der Waals surface area contributed by atoms with Crippen LogP contribution in [-0.4, -0.2) is 12.6 Å². The molecule has 1 amide bonds. The molecule has 1 aliphatic heterocycles. The molecule has 3 nitrogen and oxygen atoms in total. The van der Waals surface area contributed by atoms with Crippen molar-refractivity contribution in [1.82, 2.24) is 0 Å². The van der Waals surface area contributed by atoms with Gasteiger partial charge in [-0.1, -0.05) is 41.9 Å². The Kier molecular flexibility index (Phi) is 3.53. The highest BCUT2D eigenvalue weighted by atomic mass is 35.5. The number of carbonyl (C=O) groups excluding carboxylic acids is 1. The van der Waals surface area contributed by atoms with Gasteiger partial charge in [0.2, 0.25) is 0 Å². The molecule has 2 aliphatic rings. The van der Waals surface area contributed by atoms with Gasteiger partial charge in [-0.2, -0.15) is 0 Å². The van der Waals surface area contributed by atoms with Crippen LogP contribution in [0.3, 0.4) is 0 Å². The number of halogens is 1. The first-order valence-electron chi connectivity index (χ1n) is 7.92. The summed E-state index contributed by atoms with van der Waals surface area (Å²) < 4.78 is 5.53. The fourth-order valence-corrected chi connectivity index (χ4v) is 3.51. The minimum absolute atomic E-state index is 0.240. The highest BCUT2D eigenvalue weighted by molar-refractivity contribution is 6.30. The summed E-state index contributed by atoms with van der Waals surface area (Å²) in [7, 11) is 0. The molecule has 1 saturated carbocycles. The second kappa shape index (κ2) is 5.57. The molecule has 2 aromatic rings. The summed E-state index contributed by atoms with van der Waals surface area (Å²) in [6.07, 6.45) is 3.07. The molecule has 0 radical (unpaired) electrons.